The van der Waals surface area contributed by atoms with Crippen LogP contribution >= 0.6 is 15.9 Å². The summed E-state index contributed by atoms with van der Waals surface area (Å²) in [5, 5.41) is 9.87. The van der Waals surface area contributed by atoms with E-state index in [0.29, 0.717) is 12.4 Å². The Bertz CT molecular complexity index is 344. The van der Waals surface area contributed by atoms with Gasteiger partial charge in [0.15, 0.2) is 11.5 Å². The van der Waals surface area contributed by atoms with Crippen molar-refractivity contribution in [3.63, 3.8) is 0 Å². The molecule has 1 aromatic carbocycles. The molecule has 0 saturated carbocycles. The van der Waals surface area contributed by atoms with E-state index in [4.69, 9.17) is 10.6 Å². The van der Waals surface area contributed by atoms with Crippen LogP contribution in [0, 0.1) is 0 Å². The fourth-order valence-corrected chi connectivity index (χ4v) is 1.81. The van der Waals surface area contributed by atoms with E-state index in [-0.39, 0.29) is 11.7 Å². The number of phenols is 1. The van der Waals surface area contributed by atoms with Crippen molar-refractivity contribution >= 4 is 15.9 Å². The maximum absolute atomic E-state index is 9.87. The summed E-state index contributed by atoms with van der Waals surface area (Å²) in [5.41, 5.74) is 0.742. The molecule has 0 aliphatic rings. The van der Waals surface area contributed by atoms with Gasteiger partial charge in [0.25, 0.3) is 0 Å². The van der Waals surface area contributed by atoms with Crippen LogP contribution in [0.2, 0.25) is 0 Å². The lowest BCUT2D eigenvalue weighted by atomic mass is 10.0. The maximum atomic E-state index is 9.87. The van der Waals surface area contributed by atoms with E-state index < -0.39 is 0 Å². The van der Waals surface area contributed by atoms with Crippen molar-refractivity contribution in [2.45, 2.75) is 12.8 Å². The molecule has 0 fully saturated rings. The fourth-order valence-electron chi connectivity index (χ4n) is 1.36. The Hall–Kier alpha value is -0.780. The van der Waals surface area contributed by atoms with Gasteiger partial charge in [0.1, 0.15) is 0 Å². The number of nitrogens with two attached hydrogens (primary N) is 1. The summed E-state index contributed by atoms with van der Waals surface area (Å²) < 4.78 is 5.89. The Labute approximate surface area is 97.1 Å². The van der Waals surface area contributed by atoms with Crippen LogP contribution in [0.15, 0.2) is 16.6 Å². The third-order valence-corrected chi connectivity index (χ3v) is 2.62. The normalized spacial score (nSPS) is 12.5. The van der Waals surface area contributed by atoms with Crippen LogP contribution in [0.25, 0.3) is 0 Å². The topological polar surface area (TPSA) is 64.7 Å². The number of aromatic hydroxyl groups is 1. The van der Waals surface area contributed by atoms with Crippen LogP contribution < -0.4 is 10.6 Å². The van der Waals surface area contributed by atoms with Gasteiger partial charge in [0.2, 0.25) is 0 Å². The second-order valence-corrected chi connectivity index (χ2v) is 4.20. The summed E-state index contributed by atoms with van der Waals surface area (Å²) in [5.74, 6) is 5.57. The Morgan fingerprint density at radius 1 is 1.53 bits per heavy atom. The van der Waals surface area contributed by atoms with Crippen molar-refractivity contribution in [1.82, 2.24) is 0 Å². The second-order valence-electron chi connectivity index (χ2n) is 3.28. The lowest BCUT2D eigenvalue weighted by molar-refractivity contribution is 0.126. The number of rotatable bonds is 4. The SMILES string of the molecule is COc1cc(Br)cc(C(C)CON)c1O. The van der Waals surface area contributed by atoms with Gasteiger partial charge in [-0.25, -0.2) is 5.90 Å². The second kappa shape index (κ2) is 5.34. The largest absolute Gasteiger partial charge is 0.504 e. The summed E-state index contributed by atoms with van der Waals surface area (Å²) >= 11 is 3.34. The van der Waals surface area contributed by atoms with Gasteiger partial charge in [0, 0.05) is 16.0 Å². The summed E-state index contributed by atoms with van der Waals surface area (Å²) in [4.78, 5) is 4.56. The van der Waals surface area contributed by atoms with E-state index in [1.54, 1.807) is 6.07 Å². The van der Waals surface area contributed by atoms with Crippen molar-refractivity contribution in [3.05, 3.63) is 22.2 Å². The molecule has 0 spiro atoms. The molecule has 15 heavy (non-hydrogen) atoms. The average molecular weight is 276 g/mol. The van der Waals surface area contributed by atoms with Gasteiger partial charge < -0.3 is 14.7 Å². The van der Waals surface area contributed by atoms with E-state index in [0.717, 1.165) is 10.0 Å². The summed E-state index contributed by atoms with van der Waals surface area (Å²) in [6.07, 6.45) is 0. The Morgan fingerprint density at radius 2 is 2.20 bits per heavy atom. The summed E-state index contributed by atoms with van der Waals surface area (Å²) in [7, 11) is 1.51. The molecule has 0 amide bonds. The molecule has 0 saturated heterocycles. The van der Waals surface area contributed by atoms with Crippen molar-refractivity contribution in [1.29, 1.82) is 0 Å². The van der Waals surface area contributed by atoms with E-state index in [1.165, 1.54) is 7.11 Å². The highest BCUT2D eigenvalue weighted by Crippen LogP contribution is 2.37. The van der Waals surface area contributed by atoms with Gasteiger partial charge in [-0.1, -0.05) is 22.9 Å². The molecule has 0 aliphatic carbocycles. The van der Waals surface area contributed by atoms with Crippen molar-refractivity contribution in [2.24, 2.45) is 5.90 Å². The van der Waals surface area contributed by atoms with Crippen molar-refractivity contribution in [3.8, 4) is 11.5 Å². The maximum Gasteiger partial charge on any atom is 0.161 e. The molecule has 1 aromatic rings. The minimum Gasteiger partial charge on any atom is -0.504 e. The van der Waals surface area contributed by atoms with Gasteiger partial charge in [0.05, 0.1) is 13.7 Å². The smallest absolute Gasteiger partial charge is 0.161 e. The first kappa shape index (κ1) is 12.3. The predicted octanol–water partition coefficient (Wildman–Crippen LogP) is 2.16. The molecular weight excluding hydrogens is 262 g/mol. The zero-order valence-electron chi connectivity index (χ0n) is 8.66. The molecule has 5 heteroatoms. The molecule has 84 valence electrons. The van der Waals surface area contributed by atoms with E-state index in [2.05, 4.69) is 20.8 Å². The third-order valence-electron chi connectivity index (χ3n) is 2.17. The average Bonchev–Trinajstić information content (AvgIpc) is 2.21. The molecule has 4 nitrogen and oxygen atoms in total. The van der Waals surface area contributed by atoms with Gasteiger partial charge >= 0.3 is 0 Å². The van der Waals surface area contributed by atoms with Crippen LogP contribution in [0.5, 0.6) is 11.5 Å². The molecule has 0 aliphatic heterocycles. The van der Waals surface area contributed by atoms with Crippen molar-refractivity contribution < 1.29 is 14.7 Å². The number of benzene rings is 1. The molecular formula is C10H14BrNO3. The summed E-state index contributed by atoms with van der Waals surface area (Å²) in [6.45, 7) is 2.25. The molecule has 1 rings (SSSR count). The lowest BCUT2D eigenvalue weighted by Gasteiger charge is -2.15. The van der Waals surface area contributed by atoms with Crippen molar-refractivity contribution in [2.75, 3.05) is 13.7 Å². The van der Waals surface area contributed by atoms with Crippen LogP contribution in [-0.2, 0) is 4.84 Å². The molecule has 3 N–H and O–H groups in total. The minimum atomic E-state index is 0.00130. The standard InChI is InChI=1S/C10H14BrNO3/c1-6(5-15-12)8-3-7(11)4-9(14-2)10(8)13/h3-4,6,13H,5,12H2,1-2H3. The Balaban J connectivity index is 3.11. The van der Waals surface area contributed by atoms with E-state index in [9.17, 15) is 5.11 Å². The lowest BCUT2D eigenvalue weighted by Crippen LogP contribution is -2.09. The van der Waals surface area contributed by atoms with Crippen LogP contribution in [0.3, 0.4) is 0 Å². The number of halogens is 1. The fraction of sp³-hybridized carbons (Fsp3) is 0.400. The molecule has 1 unspecified atom stereocenters. The molecule has 0 heterocycles. The first-order chi connectivity index (χ1) is 7.10. The van der Waals surface area contributed by atoms with E-state index >= 15 is 0 Å². The first-order valence-electron chi connectivity index (χ1n) is 4.48. The molecule has 0 aromatic heterocycles. The molecule has 0 bridgehead atoms. The van der Waals surface area contributed by atoms with Gasteiger partial charge in [-0.2, -0.15) is 0 Å². The van der Waals surface area contributed by atoms with Crippen LogP contribution in [0.1, 0.15) is 18.4 Å². The number of ether oxygens (including phenoxy) is 1. The monoisotopic (exact) mass is 275 g/mol. The first-order valence-corrected chi connectivity index (χ1v) is 5.27. The van der Waals surface area contributed by atoms with Gasteiger partial charge in [-0.15, -0.1) is 0 Å². The van der Waals surface area contributed by atoms with Crippen LogP contribution in [-0.4, -0.2) is 18.8 Å². The van der Waals surface area contributed by atoms with E-state index in [1.807, 2.05) is 13.0 Å². The molecule has 1 atom stereocenters. The third kappa shape index (κ3) is 2.84. The Morgan fingerprint density at radius 3 is 2.73 bits per heavy atom. The summed E-state index contributed by atoms with van der Waals surface area (Å²) in [6, 6.07) is 3.52. The number of phenolic OH excluding ortho intramolecular Hbond substituents is 1. The van der Waals surface area contributed by atoms with Gasteiger partial charge in [-0.05, 0) is 12.1 Å². The minimum absolute atomic E-state index is 0.00130. The number of hydrogen-bond acceptors (Lipinski definition) is 4. The highest BCUT2D eigenvalue weighted by atomic mass is 79.9. The zero-order valence-corrected chi connectivity index (χ0v) is 10.2. The quantitative estimate of drug-likeness (QED) is 0.827. The van der Waals surface area contributed by atoms with Crippen LogP contribution in [0.4, 0.5) is 0 Å². The Kier molecular flexibility index (Phi) is 4.38. The highest BCUT2D eigenvalue weighted by Gasteiger charge is 2.15. The zero-order chi connectivity index (χ0) is 11.4. The predicted molar refractivity (Wildman–Crippen MR) is 60.9 cm³/mol. The van der Waals surface area contributed by atoms with Gasteiger partial charge in [-0.3, -0.25) is 0 Å². The molecule has 0 radical (unpaired) electrons. The highest BCUT2D eigenvalue weighted by molar-refractivity contribution is 9.10. The number of hydrogen-bond donors (Lipinski definition) is 2. The number of methoxy groups -OCH3 is 1.